The molecule has 0 N–H and O–H groups in total. The molecule has 79 heavy (non-hydrogen) atoms. The summed E-state index contributed by atoms with van der Waals surface area (Å²) >= 11 is 0. The Hall–Kier alpha value is -4.97. The third-order valence-corrected chi connectivity index (χ3v) is 13.0. The third kappa shape index (κ3) is 63.7. The van der Waals surface area contributed by atoms with Gasteiger partial charge >= 0.3 is 17.9 Å². The molecule has 0 saturated carbocycles. The van der Waals surface area contributed by atoms with Gasteiger partial charge in [0.15, 0.2) is 6.10 Å². The predicted molar refractivity (Wildman–Crippen MR) is 343 cm³/mol. The maximum Gasteiger partial charge on any atom is 0.306 e. The smallest absolute Gasteiger partial charge is 0.306 e. The average Bonchev–Trinajstić information content (AvgIpc) is 3.45. The molecule has 0 aromatic heterocycles. The van der Waals surface area contributed by atoms with Crippen LogP contribution in [-0.4, -0.2) is 37.2 Å². The van der Waals surface area contributed by atoms with Gasteiger partial charge in [0, 0.05) is 19.3 Å². The minimum absolute atomic E-state index is 0.115. The van der Waals surface area contributed by atoms with E-state index in [-0.39, 0.29) is 31.1 Å². The molecule has 1 atom stereocenters. The lowest BCUT2D eigenvalue weighted by atomic mass is 10.1. The van der Waals surface area contributed by atoms with Crippen LogP contribution in [0.3, 0.4) is 0 Å². The van der Waals surface area contributed by atoms with Gasteiger partial charge in [-0.2, -0.15) is 0 Å². The molecule has 0 aliphatic heterocycles. The maximum atomic E-state index is 12.9. The highest BCUT2D eigenvalue weighted by molar-refractivity contribution is 5.71. The van der Waals surface area contributed by atoms with Gasteiger partial charge in [-0.3, -0.25) is 14.4 Å². The van der Waals surface area contributed by atoms with Crippen molar-refractivity contribution in [2.24, 2.45) is 0 Å². The summed E-state index contributed by atoms with van der Waals surface area (Å²) in [5, 5.41) is 0. The summed E-state index contributed by atoms with van der Waals surface area (Å²) in [4.78, 5) is 38.3. The monoisotopic (exact) mass is 1090 g/mol. The number of hydrogen-bond acceptors (Lipinski definition) is 6. The van der Waals surface area contributed by atoms with Crippen molar-refractivity contribution in [3.8, 4) is 0 Å². The molecule has 0 bridgehead atoms. The average molecular weight is 1090 g/mol. The van der Waals surface area contributed by atoms with E-state index >= 15 is 0 Å². The molecule has 0 amide bonds. The van der Waals surface area contributed by atoms with E-state index in [9.17, 15) is 14.4 Å². The molecule has 0 aliphatic rings. The number of carbonyl (C=O) groups excluding carboxylic acids is 3. The zero-order valence-electron chi connectivity index (χ0n) is 50.8. The van der Waals surface area contributed by atoms with Crippen LogP contribution in [0.25, 0.3) is 0 Å². The SMILES string of the molecule is CC/C=C\C/C=C\C/C=C\C/C=C\C/C=C\C/C=C\CCCCCCC(=O)OCC(COC(=O)CCCC/C=C\C/C=C\C/C=C\C/C=C\CC)OC(=O)CCCCCCCCCC/C=C\C/C=C\C/C=C\CCCCCCC. The molecule has 6 heteroatoms. The number of ether oxygens (including phenoxy) is 3. The molecule has 0 aromatic rings. The zero-order chi connectivity index (χ0) is 57.1. The summed E-state index contributed by atoms with van der Waals surface area (Å²) < 4.78 is 16.9. The largest absolute Gasteiger partial charge is 0.462 e. The lowest BCUT2D eigenvalue weighted by Gasteiger charge is -2.18. The predicted octanol–water partition coefficient (Wildman–Crippen LogP) is 22.1. The number of rotatable bonds is 56. The van der Waals surface area contributed by atoms with E-state index in [0.717, 1.165) is 148 Å². The van der Waals surface area contributed by atoms with E-state index in [1.807, 2.05) is 0 Å². The number of carbonyl (C=O) groups is 3. The molecular weight excluding hydrogens is 973 g/mol. The Morgan fingerprint density at radius 2 is 0.494 bits per heavy atom. The summed E-state index contributed by atoms with van der Waals surface area (Å²) in [6.07, 6.45) is 95.3. The van der Waals surface area contributed by atoms with Crippen LogP contribution < -0.4 is 0 Å². The second kappa shape index (κ2) is 65.5. The van der Waals surface area contributed by atoms with Gasteiger partial charge in [-0.1, -0.05) is 256 Å². The highest BCUT2D eigenvalue weighted by atomic mass is 16.6. The van der Waals surface area contributed by atoms with Crippen molar-refractivity contribution in [3.63, 3.8) is 0 Å². The lowest BCUT2D eigenvalue weighted by Crippen LogP contribution is -2.30. The second-order valence-electron chi connectivity index (χ2n) is 20.5. The molecule has 1 unspecified atom stereocenters. The Morgan fingerprint density at radius 1 is 0.266 bits per heavy atom. The van der Waals surface area contributed by atoms with Crippen LogP contribution in [0.4, 0.5) is 0 Å². The molecular formula is C73H116O6. The van der Waals surface area contributed by atoms with E-state index in [1.165, 1.54) is 70.6 Å². The Balaban J connectivity index is 4.51. The van der Waals surface area contributed by atoms with Gasteiger partial charge in [0.05, 0.1) is 0 Å². The van der Waals surface area contributed by atoms with E-state index in [2.05, 4.69) is 179 Å². The van der Waals surface area contributed by atoms with Gasteiger partial charge in [-0.15, -0.1) is 0 Å². The minimum Gasteiger partial charge on any atom is -0.462 e. The summed E-state index contributed by atoms with van der Waals surface area (Å²) in [6.45, 7) is 6.33. The molecule has 0 aromatic carbocycles. The third-order valence-electron chi connectivity index (χ3n) is 13.0. The lowest BCUT2D eigenvalue weighted by molar-refractivity contribution is -0.167. The van der Waals surface area contributed by atoms with Crippen LogP contribution in [0.15, 0.2) is 158 Å². The Kier molecular flexibility index (Phi) is 61.4. The Morgan fingerprint density at radius 3 is 0.797 bits per heavy atom. The number of esters is 3. The van der Waals surface area contributed by atoms with Gasteiger partial charge < -0.3 is 14.2 Å². The van der Waals surface area contributed by atoms with Crippen molar-refractivity contribution in [1.29, 1.82) is 0 Å². The molecule has 0 saturated heterocycles. The number of allylic oxidation sites excluding steroid dienone is 26. The highest BCUT2D eigenvalue weighted by Gasteiger charge is 2.19. The summed E-state index contributed by atoms with van der Waals surface area (Å²) in [5.74, 6) is -0.990. The Labute approximate surface area is 486 Å². The first-order valence-electron chi connectivity index (χ1n) is 32.0. The molecule has 0 radical (unpaired) electrons. The van der Waals surface area contributed by atoms with Crippen molar-refractivity contribution < 1.29 is 28.6 Å². The van der Waals surface area contributed by atoms with E-state index in [4.69, 9.17) is 14.2 Å². The van der Waals surface area contributed by atoms with Gasteiger partial charge in [-0.25, -0.2) is 0 Å². The molecule has 444 valence electrons. The van der Waals surface area contributed by atoms with Crippen LogP contribution in [0.5, 0.6) is 0 Å². The second-order valence-corrected chi connectivity index (χ2v) is 20.5. The van der Waals surface area contributed by atoms with Gasteiger partial charge in [0.1, 0.15) is 13.2 Å². The normalized spacial score (nSPS) is 13.2. The first kappa shape index (κ1) is 74.0. The van der Waals surface area contributed by atoms with Gasteiger partial charge in [0.25, 0.3) is 0 Å². The molecule has 0 aliphatic carbocycles. The van der Waals surface area contributed by atoms with Crippen molar-refractivity contribution >= 4 is 17.9 Å². The van der Waals surface area contributed by atoms with Crippen LogP contribution in [0.2, 0.25) is 0 Å². The quantitative estimate of drug-likeness (QED) is 0.0261. The van der Waals surface area contributed by atoms with E-state index < -0.39 is 6.10 Å². The van der Waals surface area contributed by atoms with E-state index in [1.54, 1.807) is 0 Å². The molecule has 6 nitrogen and oxygen atoms in total. The fourth-order valence-electron chi connectivity index (χ4n) is 8.27. The number of hydrogen-bond donors (Lipinski definition) is 0. The van der Waals surface area contributed by atoms with Crippen molar-refractivity contribution in [3.05, 3.63) is 158 Å². The summed E-state index contributed by atoms with van der Waals surface area (Å²) in [7, 11) is 0. The maximum absolute atomic E-state index is 12.9. The standard InChI is InChI=1S/C73H116O6/c1-4-7-10-13-16-19-22-25-28-30-32-34-36-38-40-42-45-48-51-54-57-60-63-66-72(75)78-69-70(68-77-71(74)65-62-59-56-53-50-47-44-27-24-21-18-15-12-9-6-3)79-73(76)67-64-61-58-55-52-49-46-43-41-39-37-35-33-31-29-26-23-20-17-14-11-8-5-2/h7,9-10,12,16,18-19,21,23,25-28,31-34,37-40,44-45,48,50,53,70H,4-6,8,11,13-15,17,20,22,24,29-30,35-36,41-43,46-47,49,51-52,54-69H2,1-3H3/b10-7-,12-9-,19-16-,21-18-,26-23-,28-25-,33-31-,34-32-,39-37-,40-38-,44-27-,48-45-,53-50-. The van der Waals surface area contributed by atoms with Crippen LogP contribution in [-0.2, 0) is 28.6 Å². The summed E-state index contributed by atoms with van der Waals surface area (Å²) in [5.41, 5.74) is 0. The van der Waals surface area contributed by atoms with Crippen molar-refractivity contribution in [2.45, 2.75) is 271 Å². The number of unbranched alkanes of at least 4 members (excludes halogenated alkanes) is 19. The van der Waals surface area contributed by atoms with Crippen molar-refractivity contribution in [2.75, 3.05) is 13.2 Å². The van der Waals surface area contributed by atoms with Crippen LogP contribution in [0.1, 0.15) is 265 Å². The minimum atomic E-state index is -0.820. The van der Waals surface area contributed by atoms with Crippen molar-refractivity contribution in [1.82, 2.24) is 0 Å². The molecule has 0 spiro atoms. The van der Waals surface area contributed by atoms with E-state index in [0.29, 0.717) is 25.7 Å². The molecule has 0 rings (SSSR count). The first-order valence-corrected chi connectivity index (χ1v) is 32.0. The topological polar surface area (TPSA) is 78.9 Å². The van der Waals surface area contributed by atoms with Gasteiger partial charge in [0.2, 0.25) is 0 Å². The molecule has 0 heterocycles. The van der Waals surface area contributed by atoms with Crippen LogP contribution >= 0.6 is 0 Å². The first-order chi connectivity index (χ1) is 39.0. The Bertz CT molecular complexity index is 1780. The fourth-order valence-corrected chi connectivity index (χ4v) is 8.27. The highest BCUT2D eigenvalue weighted by Crippen LogP contribution is 2.14. The van der Waals surface area contributed by atoms with Crippen LogP contribution in [0, 0.1) is 0 Å². The summed E-state index contributed by atoms with van der Waals surface area (Å²) in [6, 6.07) is 0. The zero-order valence-corrected chi connectivity index (χ0v) is 50.8. The molecule has 0 fully saturated rings. The van der Waals surface area contributed by atoms with Gasteiger partial charge in [-0.05, 0) is 148 Å². The fraction of sp³-hybridized carbons (Fsp3) is 0.603.